The highest BCUT2D eigenvalue weighted by Gasteiger charge is 2.26. The summed E-state index contributed by atoms with van der Waals surface area (Å²) in [6.07, 6.45) is 1.70. The van der Waals surface area contributed by atoms with Crippen molar-refractivity contribution in [1.29, 1.82) is 0 Å². The van der Waals surface area contributed by atoms with Gasteiger partial charge in [0.15, 0.2) is 9.84 Å². The Morgan fingerprint density at radius 1 is 1.33 bits per heavy atom. The maximum atomic E-state index is 12.4. The second kappa shape index (κ2) is 6.90. The molecule has 2 rings (SSSR count). The SMILES string of the molecule is CNC(CS(=O)(=O)CC1CCCO1)c1ccc(C)c(C)c1. The van der Waals surface area contributed by atoms with Crippen LogP contribution in [0.2, 0.25) is 0 Å². The fourth-order valence-electron chi connectivity index (χ4n) is 2.71. The second-order valence-corrected chi connectivity index (χ2v) is 8.05. The minimum absolute atomic E-state index is 0.117. The number of nitrogens with one attached hydrogen (secondary N) is 1. The smallest absolute Gasteiger partial charge is 0.154 e. The van der Waals surface area contributed by atoms with E-state index in [1.807, 2.05) is 19.1 Å². The number of sulfone groups is 1. The first-order valence-electron chi connectivity index (χ1n) is 7.48. The lowest BCUT2D eigenvalue weighted by Crippen LogP contribution is -2.30. The second-order valence-electron chi connectivity index (χ2n) is 5.90. The summed E-state index contributed by atoms with van der Waals surface area (Å²) in [5.41, 5.74) is 3.43. The topological polar surface area (TPSA) is 55.4 Å². The van der Waals surface area contributed by atoms with Crippen molar-refractivity contribution in [2.24, 2.45) is 0 Å². The first-order valence-corrected chi connectivity index (χ1v) is 9.30. The van der Waals surface area contributed by atoms with Gasteiger partial charge in [-0.2, -0.15) is 0 Å². The van der Waals surface area contributed by atoms with E-state index in [-0.39, 0.29) is 23.7 Å². The molecule has 21 heavy (non-hydrogen) atoms. The van der Waals surface area contributed by atoms with E-state index in [1.54, 1.807) is 7.05 Å². The highest BCUT2D eigenvalue weighted by Crippen LogP contribution is 2.21. The summed E-state index contributed by atoms with van der Waals surface area (Å²) in [6, 6.07) is 5.95. The molecule has 1 aliphatic rings. The van der Waals surface area contributed by atoms with E-state index in [1.165, 1.54) is 11.1 Å². The third-order valence-electron chi connectivity index (χ3n) is 4.17. The molecule has 2 atom stereocenters. The first-order chi connectivity index (χ1) is 9.91. The molecular weight excluding hydrogens is 286 g/mol. The zero-order valence-corrected chi connectivity index (χ0v) is 13.9. The lowest BCUT2D eigenvalue weighted by atomic mass is 10.0. The summed E-state index contributed by atoms with van der Waals surface area (Å²) in [7, 11) is -1.33. The van der Waals surface area contributed by atoms with Crippen molar-refractivity contribution in [3.63, 3.8) is 0 Å². The Labute approximate surface area is 127 Å². The summed E-state index contributed by atoms with van der Waals surface area (Å²) in [4.78, 5) is 0. The van der Waals surface area contributed by atoms with Gasteiger partial charge in [-0.1, -0.05) is 18.2 Å². The summed E-state index contributed by atoms with van der Waals surface area (Å²) in [5, 5.41) is 3.13. The third-order valence-corrected chi connectivity index (χ3v) is 5.89. The number of hydrogen-bond acceptors (Lipinski definition) is 4. The average molecular weight is 311 g/mol. The largest absolute Gasteiger partial charge is 0.377 e. The first kappa shape index (κ1) is 16.5. The van der Waals surface area contributed by atoms with Gasteiger partial charge in [0.25, 0.3) is 0 Å². The molecule has 0 amide bonds. The van der Waals surface area contributed by atoms with Gasteiger partial charge in [-0.3, -0.25) is 0 Å². The van der Waals surface area contributed by atoms with Gasteiger partial charge in [-0.15, -0.1) is 0 Å². The number of rotatable bonds is 6. The van der Waals surface area contributed by atoms with Crippen LogP contribution in [0.1, 0.15) is 35.6 Å². The molecule has 1 saturated heterocycles. The van der Waals surface area contributed by atoms with Gasteiger partial charge >= 0.3 is 0 Å². The molecule has 0 aromatic heterocycles. The highest BCUT2D eigenvalue weighted by molar-refractivity contribution is 7.91. The molecule has 5 heteroatoms. The van der Waals surface area contributed by atoms with Crippen molar-refractivity contribution in [1.82, 2.24) is 5.32 Å². The molecule has 0 radical (unpaired) electrons. The summed E-state index contributed by atoms with van der Waals surface area (Å²) in [5.74, 6) is 0.252. The maximum absolute atomic E-state index is 12.4. The molecule has 0 spiro atoms. The molecule has 1 fully saturated rings. The Bertz CT molecular complexity index is 577. The van der Waals surface area contributed by atoms with Crippen LogP contribution in [0.25, 0.3) is 0 Å². The average Bonchev–Trinajstić information content (AvgIpc) is 2.91. The fraction of sp³-hybridized carbons (Fsp3) is 0.625. The quantitative estimate of drug-likeness (QED) is 0.875. The molecule has 4 nitrogen and oxygen atoms in total. The predicted octanol–water partition coefficient (Wildman–Crippen LogP) is 2.16. The summed E-state index contributed by atoms with van der Waals surface area (Å²) in [6.45, 7) is 4.79. The zero-order chi connectivity index (χ0) is 15.5. The molecule has 2 unspecified atom stereocenters. The minimum atomic E-state index is -3.13. The Balaban J connectivity index is 2.08. The van der Waals surface area contributed by atoms with E-state index in [0.29, 0.717) is 6.61 Å². The molecule has 1 aromatic carbocycles. The van der Waals surface area contributed by atoms with Crippen LogP contribution in [0.15, 0.2) is 18.2 Å². The maximum Gasteiger partial charge on any atom is 0.154 e. The van der Waals surface area contributed by atoms with Crippen molar-refractivity contribution in [2.45, 2.75) is 38.8 Å². The van der Waals surface area contributed by atoms with Crippen molar-refractivity contribution < 1.29 is 13.2 Å². The van der Waals surface area contributed by atoms with Crippen LogP contribution in [0.4, 0.5) is 0 Å². The Morgan fingerprint density at radius 2 is 2.10 bits per heavy atom. The summed E-state index contributed by atoms with van der Waals surface area (Å²) >= 11 is 0. The van der Waals surface area contributed by atoms with E-state index in [4.69, 9.17) is 4.74 Å². The molecule has 1 aromatic rings. The molecule has 0 bridgehead atoms. The number of benzene rings is 1. The van der Waals surface area contributed by atoms with E-state index < -0.39 is 9.84 Å². The molecular formula is C16H25NO3S. The van der Waals surface area contributed by atoms with Crippen LogP contribution in [0, 0.1) is 13.8 Å². The van der Waals surface area contributed by atoms with Crippen LogP contribution in [0.3, 0.4) is 0 Å². The Kier molecular flexibility index (Phi) is 5.41. The van der Waals surface area contributed by atoms with Crippen molar-refractivity contribution in [3.8, 4) is 0 Å². The van der Waals surface area contributed by atoms with E-state index in [0.717, 1.165) is 18.4 Å². The van der Waals surface area contributed by atoms with Crippen LogP contribution in [0.5, 0.6) is 0 Å². The van der Waals surface area contributed by atoms with Crippen LogP contribution >= 0.6 is 0 Å². The van der Waals surface area contributed by atoms with E-state index in [9.17, 15) is 8.42 Å². The number of ether oxygens (including phenoxy) is 1. The van der Waals surface area contributed by atoms with Crippen molar-refractivity contribution in [2.75, 3.05) is 25.2 Å². The standard InChI is InChI=1S/C16H25NO3S/c1-12-6-7-14(9-13(12)2)16(17-3)11-21(18,19)10-15-5-4-8-20-15/h6-7,9,15-17H,4-5,8,10-11H2,1-3H3. The molecule has 1 N–H and O–H groups in total. The van der Waals surface area contributed by atoms with Crippen LogP contribution in [-0.2, 0) is 14.6 Å². The monoisotopic (exact) mass is 311 g/mol. The van der Waals surface area contributed by atoms with Gasteiger partial charge in [0.05, 0.1) is 17.6 Å². The van der Waals surface area contributed by atoms with Gasteiger partial charge in [0, 0.05) is 12.6 Å². The van der Waals surface area contributed by atoms with Gasteiger partial charge in [0.2, 0.25) is 0 Å². The highest BCUT2D eigenvalue weighted by atomic mass is 32.2. The number of aryl methyl sites for hydroxylation is 2. The summed E-state index contributed by atoms with van der Waals surface area (Å²) < 4.78 is 30.2. The van der Waals surface area contributed by atoms with Gasteiger partial charge in [-0.05, 0) is 50.4 Å². The minimum Gasteiger partial charge on any atom is -0.377 e. The van der Waals surface area contributed by atoms with E-state index >= 15 is 0 Å². The van der Waals surface area contributed by atoms with Crippen LogP contribution in [-0.4, -0.2) is 39.7 Å². The predicted molar refractivity (Wildman–Crippen MR) is 85.3 cm³/mol. The molecule has 1 heterocycles. The molecule has 0 saturated carbocycles. The van der Waals surface area contributed by atoms with Gasteiger partial charge < -0.3 is 10.1 Å². The zero-order valence-electron chi connectivity index (χ0n) is 13.1. The molecule has 118 valence electrons. The van der Waals surface area contributed by atoms with Gasteiger partial charge in [-0.25, -0.2) is 8.42 Å². The molecule has 1 aliphatic heterocycles. The lowest BCUT2D eigenvalue weighted by Gasteiger charge is -2.19. The lowest BCUT2D eigenvalue weighted by molar-refractivity contribution is 0.127. The number of hydrogen-bond donors (Lipinski definition) is 1. The van der Waals surface area contributed by atoms with Crippen molar-refractivity contribution in [3.05, 3.63) is 34.9 Å². The van der Waals surface area contributed by atoms with E-state index in [2.05, 4.69) is 18.3 Å². The fourth-order valence-corrected chi connectivity index (χ4v) is 4.54. The van der Waals surface area contributed by atoms with Crippen molar-refractivity contribution >= 4 is 9.84 Å². The third kappa shape index (κ3) is 4.53. The van der Waals surface area contributed by atoms with Gasteiger partial charge in [0.1, 0.15) is 0 Å². The normalized spacial score (nSPS) is 20.6. The van der Waals surface area contributed by atoms with Crippen LogP contribution < -0.4 is 5.32 Å². The molecule has 0 aliphatic carbocycles. The Hall–Kier alpha value is -0.910. The Morgan fingerprint density at radius 3 is 2.67 bits per heavy atom.